The van der Waals surface area contributed by atoms with Crippen LogP contribution in [0.15, 0.2) is 35.9 Å². The third-order valence-electron chi connectivity index (χ3n) is 6.09. The lowest BCUT2D eigenvalue weighted by Gasteiger charge is -2.47. The summed E-state index contributed by atoms with van der Waals surface area (Å²) in [6.07, 6.45) is 1.41. The van der Waals surface area contributed by atoms with Crippen molar-refractivity contribution < 1.29 is 33.4 Å². The quantitative estimate of drug-likeness (QED) is 0.143. The van der Waals surface area contributed by atoms with Gasteiger partial charge in [0.05, 0.1) is 29.3 Å². The molecule has 1 aromatic rings. The Hall–Kier alpha value is -2.49. The van der Waals surface area contributed by atoms with Gasteiger partial charge in [-0.2, -0.15) is 0 Å². The average Bonchev–Trinajstić information content (AvgIpc) is 3.48. The minimum atomic E-state index is -0.888. The molecule has 32 heavy (non-hydrogen) atoms. The summed E-state index contributed by atoms with van der Waals surface area (Å²) in [5.74, 6) is 0.00537. The summed E-state index contributed by atoms with van der Waals surface area (Å²) in [4.78, 5) is 22.7. The van der Waals surface area contributed by atoms with Crippen molar-refractivity contribution in [2.75, 3.05) is 20.3 Å². The number of carbonyl (C=O) groups excluding carboxylic acids is 1. The van der Waals surface area contributed by atoms with Crippen LogP contribution in [-0.2, 0) is 18.9 Å². The highest BCUT2D eigenvalue weighted by molar-refractivity contribution is 5.64. The standard InChI is InChI=1S/C23H31NO8/c1-15(2)11-13-29-22(3,4)20-19(28-5)18(10-12-23(20)14-30-23)32-21(25)31-17-8-6-16(7-9-17)24(26)27/h6-9,11,18-20H,10,12-14H2,1-5H3/t18-,19-,20-,23+/m1/s1. The highest BCUT2D eigenvalue weighted by atomic mass is 16.7. The lowest BCUT2D eigenvalue weighted by Crippen LogP contribution is -2.58. The molecule has 0 unspecified atom stereocenters. The van der Waals surface area contributed by atoms with Gasteiger partial charge in [0.1, 0.15) is 18.0 Å². The van der Waals surface area contributed by atoms with E-state index in [4.69, 9.17) is 23.7 Å². The van der Waals surface area contributed by atoms with Gasteiger partial charge in [-0.15, -0.1) is 0 Å². The maximum absolute atomic E-state index is 12.4. The molecular formula is C23H31NO8. The van der Waals surface area contributed by atoms with Gasteiger partial charge < -0.3 is 23.7 Å². The van der Waals surface area contributed by atoms with Crippen LogP contribution in [0.3, 0.4) is 0 Å². The smallest absolute Gasteiger partial charge is 0.428 e. The molecule has 1 aliphatic carbocycles. The number of epoxide rings is 1. The van der Waals surface area contributed by atoms with Crippen LogP contribution < -0.4 is 4.74 Å². The van der Waals surface area contributed by atoms with Crippen LogP contribution in [0.25, 0.3) is 0 Å². The number of nitro benzene ring substituents is 1. The van der Waals surface area contributed by atoms with E-state index >= 15 is 0 Å². The number of methoxy groups -OCH3 is 1. The van der Waals surface area contributed by atoms with Crippen molar-refractivity contribution in [2.24, 2.45) is 5.92 Å². The Kier molecular flexibility index (Phi) is 7.22. The zero-order valence-corrected chi connectivity index (χ0v) is 19.2. The Morgan fingerprint density at radius 1 is 1.31 bits per heavy atom. The van der Waals surface area contributed by atoms with Gasteiger partial charge in [-0.05, 0) is 52.7 Å². The van der Waals surface area contributed by atoms with Crippen molar-refractivity contribution in [3.63, 3.8) is 0 Å². The fraction of sp³-hybridized carbons (Fsp3) is 0.609. The second-order valence-corrected chi connectivity index (χ2v) is 9.03. The van der Waals surface area contributed by atoms with Gasteiger partial charge in [-0.1, -0.05) is 11.6 Å². The molecule has 2 fully saturated rings. The molecule has 2 aliphatic rings. The number of benzene rings is 1. The SMILES string of the molecule is CO[C@H]1[C@H](C(C)(C)OCC=C(C)C)[C@]2(CC[C@H]1OC(=O)Oc1ccc([N+](=O)[O-])cc1)CO2. The molecular weight excluding hydrogens is 418 g/mol. The molecule has 1 aliphatic heterocycles. The van der Waals surface area contributed by atoms with Crippen LogP contribution in [0, 0.1) is 16.0 Å². The van der Waals surface area contributed by atoms with E-state index in [9.17, 15) is 14.9 Å². The Morgan fingerprint density at radius 2 is 1.97 bits per heavy atom. The maximum Gasteiger partial charge on any atom is 0.514 e. The van der Waals surface area contributed by atoms with Crippen LogP contribution in [0.4, 0.5) is 10.5 Å². The van der Waals surface area contributed by atoms with Crippen molar-refractivity contribution >= 4 is 11.8 Å². The van der Waals surface area contributed by atoms with Gasteiger partial charge in [0.15, 0.2) is 0 Å². The van der Waals surface area contributed by atoms with Crippen molar-refractivity contribution in [3.8, 4) is 5.75 Å². The van der Waals surface area contributed by atoms with Gasteiger partial charge >= 0.3 is 6.16 Å². The molecule has 4 atom stereocenters. The maximum atomic E-state index is 12.4. The molecule has 0 amide bonds. The lowest BCUT2D eigenvalue weighted by atomic mass is 9.68. The molecule has 0 aromatic heterocycles. The molecule has 1 saturated heterocycles. The van der Waals surface area contributed by atoms with E-state index in [1.807, 2.05) is 33.8 Å². The summed E-state index contributed by atoms with van der Waals surface area (Å²) in [7, 11) is 1.59. The molecule has 1 spiro atoms. The summed E-state index contributed by atoms with van der Waals surface area (Å²) in [5.41, 5.74) is 0.135. The van der Waals surface area contributed by atoms with Gasteiger partial charge in [-0.25, -0.2) is 4.79 Å². The number of allylic oxidation sites excluding steroid dienone is 1. The van der Waals surface area contributed by atoms with E-state index in [-0.39, 0.29) is 23.0 Å². The Morgan fingerprint density at radius 3 is 2.50 bits per heavy atom. The molecule has 1 saturated carbocycles. The Labute approximate surface area is 187 Å². The first-order valence-electron chi connectivity index (χ1n) is 10.6. The van der Waals surface area contributed by atoms with E-state index in [1.165, 1.54) is 29.8 Å². The van der Waals surface area contributed by atoms with Crippen molar-refractivity contribution in [3.05, 3.63) is 46.0 Å². The second-order valence-electron chi connectivity index (χ2n) is 9.03. The second kappa shape index (κ2) is 9.56. The van der Waals surface area contributed by atoms with Crippen LogP contribution >= 0.6 is 0 Å². The van der Waals surface area contributed by atoms with E-state index in [2.05, 4.69) is 0 Å². The van der Waals surface area contributed by atoms with Crippen molar-refractivity contribution in [1.29, 1.82) is 0 Å². The van der Waals surface area contributed by atoms with Gasteiger partial charge in [0.2, 0.25) is 0 Å². The van der Waals surface area contributed by atoms with Crippen LogP contribution in [-0.4, -0.2) is 54.8 Å². The number of nitrogens with zero attached hydrogens (tertiary/aromatic N) is 1. The summed E-state index contributed by atoms with van der Waals surface area (Å²) in [6.45, 7) is 9.12. The number of hydrogen-bond donors (Lipinski definition) is 0. The first-order chi connectivity index (χ1) is 15.1. The first kappa shape index (κ1) is 24.2. The molecule has 1 heterocycles. The topological polar surface area (TPSA) is 110 Å². The summed E-state index contributed by atoms with van der Waals surface area (Å²) in [5, 5.41) is 10.8. The Balaban J connectivity index is 1.69. The molecule has 176 valence electrons. The summed E-state index contributed by atoms with van der Waals surface area (Å²) < 4.78 is 28.7. The molecule has 0 bridgehead atoms. The fourth-order valence-electron chi connectivity index (χ4n) is 4.47. The molecule has 0 N–H and O–H groups in total. The molecule has 9 nitrogen and oxygen atoms in total. The van der Waals surface area contributed by atoms with Gasteiger partial charge in [0.25, 0.3) is 5.69 Å². The number of non-ortho nitro benzene ring substituents is 1. The lowest BCUT2D eigenvalue weighted by molar-refractivity contribution is -0.384. The van der Waals surface area contributed by atoms with E-state index in [0.717, 1.165) is 0 Å². The van der Waals surface area contributed by atoms with E-state index in [1.54, 1.807) is 7.11 Å². The average molecular weight is 450 g/mol. The van der Waals surface area contributed by atoms with Crippen LogP contribution in [0.5, 0.6) is 5.75 Å². The number of ether oxygens (including phenoxy) is 5. The van der Waals surface area contributed by atoms with Gasteiger partial charge in [0, 0.05) is 25.2 Å². The van der Waals surface area contributed by atoms with E-state index < -0.39 is 28.9 Å². The summed E-state index contributed by atoms with van der Waals surface area (Å²) >= 11 is 0. The third-order valence-corrected chi connectivity index (χ3v) is 6.09. The third kappa shape index (κ3) is 5.46. The first-order valence-corrected chi connectivity index (χ1v) is 10.6. The molecule has 3 rings (SSSR count). The number of hydrogen-bond acceptors (Lipinski definition) is 8. The van der Waals surface area contributed by atoms with Crippen LogP contribution in [0.1, 0.15) is 40.5 Å². The van der Waals surface area contributed by atoms with Crippen molar-refractivity contribution in [2.45, 2.75) is 63.9 Å². The number of rotatable bonds is 8. The normalized spacial score (nSPS) is 27.0. The zero-order valence-electron chi connectivity index (χ0n) is 19.2. The molecule has 9 heteroatoms. The number of nitro groups is 1. The fourth-order valence-corrected chi connectivity index (χ4v) is 4.47. The predicted molar refractivity (Wildman–Crippen MR) is 116 cm³/mol. The Bertz CT molecular complexity index is 855. The number of carbonyl (C=O) groups is 1. The zero-order chi connectivity index (χ0) is 23.5. The molecule has 1 aromatic carbocycles. The van der Waals surface area contributed by atoms with Crippen LogP contribution in [0.2, 0.25) is 0 Å². The summed E-state index contributed by atoms with van der Waals surface area (Å²) in [6, 6.07) is 5.23. The monoisotopic (exact) mass is 449 g/mol. The van der Waals surface area contributed by atoms with E-state index in [0.29, 0.717) is 26.1 Å². The van der Waals surface area contributed by atoms with Gasteiger partial charge in [-0.3, -0.25) is 10.1 Å². The van der Waals surface area contributed by atoms with Crippen molar-refractivity contribution in [1.82, 2.24) is 0 Å². The predicted octanol–water partition coefficient (Wildman–Crippen LogP) is 4.43. The largest absolute Gasteiger partial charge is 0.514 e. The highest BCUT2D eigenvalue weighted by Gasteiger charge is 2.64. The highest BCUT2D eigenvalue weighted by Crippen LogP contribution is 2.52. The minimum Gasteiger partial charge on any atom is -0.428 e. The molecule has 0 radical (unpaired) electrons. The minimum absolute atomic E-state index is 0.0923.